The third-order valence-electron chi connectivity index (χ3n) is 0.889. The molecular formula is C5H10NO3S. The zero-order valence-corrected chi connectivity index (χ0v) is 6.57. The van der Waals surface area contributed by atoms with Crippen LogP contribution in [0.2, 0.25) is 0 Å². The molecule has 0 fully saturated rings. The average Bonchev–Trinajstić information content (AvgIpc) is 1.78. The van der Waals surface area contributed by atoms with Crippen molar-refractivity contribution in [1.29, 1.82) is 0 Å². The normalized spacial score (nSPS) is 10.9. The predicted octanol–water partition coefficient (Wildman–Crippen LogP) is -0.922. The lowest BCUT2D eigenvalue weighted by molar-refractivity contribution is 0.541. The van der Waals surface area contributed by atoms with E-state index in [2.05, 4.69) is 5.32 Å². The van der Waals surface area contributed by atoms with Gasteiger partial charge in [-0.2, -0.15) is 0 Å². The fourth-order valence-electron chi connectivity index (χ4n) is 0.474. The average molecular weight is 164 g/mol. The van der Waals surface area contributed by atoms with Crippen molar-refractivity contribution < 1.29 is 13.2 Å². The molecule has 0 saturated carbocycles. The van der Waals surface area contributed by atoms with Crippen LogP contribution in [0.5, 0.6) is 0 Å². The molecule has 0 aliphatic carbocycles. The largest absolute Gasteiger partial charge is 0.348 e. The second kappa shape index (κ2) is 4.27. The van der Waals surface area contributed by atoms with Gasteiger partial charge in [0.1, 0.15) is 9.84 Å². The van der Waals surface area contributed by atoms with E-state index in [4.69, 9.17) is 0 Å². The van der Waals surface area contributed by atoms with Crippen LogP contribution in [-0.2, 0) is 14.6 Å². The van der Waals surface area contributed by atoms with Crippen molar-refractivity contribution in [3.8, 4) is 0 Å². The Hall–Kier alpha value is -0.580. The summed E-state index contributed by atoms with van der Waals surface area (Å²) in [5, 5.41) is 2.25. The minimum atomic E-state index is -2.87. The van der Waals surface area contributed by atoms with Crippen LogP contribution >= 0.6 is 0 Å². The maximum absolute atomic E-state index is 10.5. The SMILES string of the molecule is CS(=O)(=O)CCCN[C]=O. The standard InChI is InChI=1S/C5H10NO3S/c1-10(8,9)4-2-3-6-5-7/h2-4H2,1H3,(H,6,7). The summed E-state index contributed by atoms with van der Waals surface area (Å²) in [7, 11) is -2.87. The van der Waals surface area contributed by atoms with Crippen molar-refractivity contribution in [3.63, 3.8) is 0 Å². The molecule has 0 aromatic rings. The number of amides is 1. The smallest absolute Gasteiger partial charge is 0.309 e. The number of carbonyl (C=O) groups excluding carboxylic acids is 1. The number of nitrogens with one attached hydrogen (secondary N) is 1. The summed E-state index contributed by atoms with van der Waals surface area (Å²) in [6.07, 6.45) is 3.08. The second-order valence-corrected chi connectivity index (χ2v) is 4.27. The van der Waals surface area contributed by atoms with E-state index in [1.54, 1.807) is 0 Å². The maximum Gasteiger partial charge on any atom is 0.309 e. The molecule has 59 valence electrons. The summed E-state index contributed by atoms with van der Waals surface area (Å²) in [6.45, 7) is 0.372. The van der Waals surface area contributed by atoms with Crippen molar-refractivity contribution in [2.75, 3.05) is 18.6 Å². The van der Waals surface area contributed by atoms with Crippen LogP contribution in [0.1, 0.15) is 6.42 Å². The molecule has 0 unspecified atom stereocenters. The third-order valence-corrected chi connectivity index (χ3v) is 1.92. The first kappa shape index (κ1) is 9.42. The van der Waals surface area contributed by atoms with Crippen molar-refractivity contribution in [1.82, 2.24) is 5.32 Å². The Balaban J connectivity index is 3.29. The zero-order valence-electron chi connectivity index (χ0n) is 5.75. The van der Waals surface area contributed by atoms with Gasteiger partial charge in [-0.1, -0.05) is 0 Å². The summed E-state index contributed by atoms with van der Waals surface area (Å²) in [6, 6.07) is 0. The molecule has 0 heterocycles. The minimum Gasteiger partial charge on any atom is -0.348 e. The van der Waals surface area contributed by atoms with Crippen LogP contribution < -0.4 is 5.32 Å². The van der Waals surface area contributed by atoms with Gasteiger partial charge in [-0.25, -0.2) is 8.42 Å². The Morgan fingerprint density at radius 2 is 2.10 bits per heavy atom. The highest BCUT2D eigenvalue weighted by atomic mass is 32.2. The lowest BCUT2D eigenvalue weighted by Gasteiger charge is -1.95. The summed E-state index contributed by atoms with van der Waals surface area (Å²) in [5.74, 6) is 0.113. The van der Waals surface area contributed by atoms with Gasteiger partial charge < -0.3 is 5.32 Å². The van der Waals surface area contributed by atoms with E-state index in [1.807, 2.05) is 0 Å². The molecule has 0 bridgehead atoms. The molecule has 0 spiro atoms. The molecule has 0 saturated heterocycles. The Labute approximate surface area is 60.5 Å². The van der Waals surface area contributed by atoms with Crippen LogP contribution in [-0.4, -0.2) is 33.4 Å². The molecule has 0 aliphatic heterocycles. The van der Waals surface area contributed by atoms with Crippen LogP contribution in [0, 0.1) is 0 Å². The highest BCUT2D eigenvalue weighted by Gasteiger charge is 1.99. The zero-order chi connectivity index (χ0) is 8.04. The molecule has 0 aromatic carbocycles. The lowest BCUT2D eigenvalue weighted by Crippen LogP contribution is -2.15. The van der Waals surface area contributed by atoms with Gasteiger partial charge in [0.05, 0.1) is 5.75 Å². The number of hydrogen-bond donors (Lipinski definition) is 1. The van der Waals surface area contributed by atoms with Gasteiger partial charge in [0, 0.05) is 12.8 Å². The molecule has 10 heavy (non-hydrogen) atoms. The topological polar surface area (TPSA) is 63.2 Å². The van der Waals surface area contributed by atoms with Crippen LogP contribution in [0.25, 0.3) is 0 Å². The molecule has 0 aromatic heterocycles. The van der Waals surface area contributed by atoms with Gasteiger partial charge in [0.15, 0.2) is 0 Å². The van der Waals surface area contributed by atoms with E-state index in [9.17, 15) is 13.2 Å². The molecule has 1 N–H and O–H groups in total. The molecule has 0 aliphatic rings. The monoisotopic (exact) mass is 164 g/mol. The summed E-state index contributed by atoms with van der Waals surface area (Å²) in [5.41, 5.74) is 0. The maximum atomic E-state index is 10.5. The highest BCUT2D eigenvalue weighted by molar-refractivity contribution is 7.90. The molecule has 1 amide bonds. The molecule has 0 rings (SSSR count). The van der Waals surface area contributed by atoms with Gasteiger partial charge in [0.25, 0.3) is 0 Å². The minimum absolute atomic E-state index is 0.113. The van der Waals surface area contributed by atoms with E-state index in [0.717, 1.165) is 6.26 Å². The van der Waals surface area contributed by atoms with Crippen molar-refractivity contribution in [3.05, 3.63) is 0 Å². The summed E-state index contributed by atoms with van der Waals surface area (Å²) < 4.78 is 20.9. The fraction of sp³-hybridized carbons (Fsp3) is 0.800. The number of rotatable bonds is 5. The van der Waals surface area contributed by atoms with E-state index < -0.39 is 9.84 Å². The first-order chi connectivity index (χ1) is 4.56. The third kappa shape index (κ3) is 7.42. The van der Waals surface area contributed by atoms with Gasteiger partial charge in [-0.3, -0.25) is 4.79 Å². The van der Waals surface area contributed by atoms with Gasteiger partial charge in [0.2, 0.25) is 0 Å². The first-order valence-corrected chi connectivity index (χ1v) is 4.90. The molecule has 5 heteroatoms. The first-order valence-electron chi connectivity index (χ1n) is 2.84. The van der Waals surface area contributed by atoms with E-state index in [0.29, 0.717) is 13.0 Å². The Bertz CT molecular complexity index is 185. The molecule has 4 nitrogen and oxygen atoms in total. The summed E-state index contributed by atoms with van der Waals surface area (Å²) in [4.78, 5) is 9.54. The fourth-order valence-corrected chi connectivity index (χ4v) is 1.14. The highest BCUT2D eigenvalue weighted by Crippen LogP contribution is 1.85. The second-order valence-electron chi connectivity index (χ2n) is 2.01. The molecule has 0 atom stereocenters. The van der Waals surface area contributed by atoms with Crippen LogP contribution in [0.3, 0.4) is 0 Å². The lowest BCUT2D eigenvalue weighted by atomic mass is 10.5. The number of sulfone groups is 1. The van der Waals surface area contributed by atoms with Crippen molar-refractivity contribution in [2.24, 2.45) is 0 Å². The van der Waals surface area contributed by atoms with Crippen LogP contribution in [0.4, 0.5) is 0 Å². The predicted molar refractivity (Wildman–Crippen MR) is 38.0 cm³/mol. The van der Waals surface area contributed by atoms with E-state index in [-0.39, 0.29) is 5.75 Å². The van der Waals surface area contributed by atoms with E-state index in [1.165, 1.54) is 6.41 Å². The van der Waals surface area contributed by atoms with E-state index >= 15 is 0 Å². The Morgan fingerprint density at radius 3 is 2.50 bits per heavy atom. The molecule has 1 radical (unpaired) electrons. The van der Waals surface area contributed by atoms with Crippen molar-refractivity contribution in [2.45, 2.75) is 6.42 Å². The molecular weight excluding hydrogens is 154 g/mol. The Morgan fingerprint density at radius 1 is 1.50 bits per heavy atom. The van der Waals surface area contributed by atoms with Gasteiger partial charge >= 0.3 is 6.41 Å². The van der Waals surface area contributed by atoms with Gasteiger partial charge in [-0.05, 0) is 6.42 Å². The van der Waals surface area contributed by atoms with Crippen molar-refractivity contribution >= 4 is 16.2 Å². The van der Waals surface area contributed by atoms with Gasteiger partial charge in [-0.15, -0.1) is 0 Å². The Kier molecular flexibility index (Phi) is 4.02. The summed E-state index contributed by atoms with van der Waals surface area (Å²) >= 11 is 0. The van der Waals surface area contributed by atoms with Crippen LogP contribution in [0.15, 0.2) is 0 Å². The quantitative estimate of drug-likeness (QED) is 0.422. The number of hydrogen-bond acceptors (Lipinski definition) is 3.